The van der Waals surface area contributed by atoms with Crippen molar-refractivity contribution < 1.29 is 28.1 Å². The highest BCUT2D eigenvalue weighted by molar-refractivity contribution is 5.90. The maximum atomic E-state index is 15.9. The molecule has 0 spiro atoms. The first-order valence-corrected chi connectivity index (χ1v) is 13.0. The van der Waals surface area contributed by atoms with E-state index in [0.29, 0.717) is 23.7 Å². The average molecular weight is 516 g/mol. The number of carbonyl (C=O) groups is 1. The summed E-state index contributed by atoms with van der Waals surface area (Å²) in [4.78, 5) is 25.5. The zero-order chi connectivity index (χ0) is 27.1. The molecule has 7 nitrogen and oxygen atoms in total. The van der Waals surface area contributed by atoms with Crippen LogP contribution in [-0.4, -0.2) is 44.1 Å². The van der Waals surface area contributed by atoms with Crippen LogP contribution in [0, 0.1) is 11.2 Å². The third kappa shape index (κ3) is 5.00. The number of halogens is 1. The second-order valence-electron chi connectivity index (χ2n) is 11.2. The monoisotopic (exact) mass is 515 g/mol. The first-order valence-electron chi connectivity index (χ1n) is 13.0. The molecule has 0 fully saturated rings. The van der Waals surface area contributed by atoms with E-state index in [-0.39, 0.29) is 41.3 Å². The van der Waals surface area contributed by atoms with Gasteiger partial charge in [-0.1, -0.05) is 20.8 Å². The van der Waals surface area contributed by atoms with Crippen molar-refractivity contribution in [2.45, 2.75) is 78.4 Å². The van der Waals surface area contributed by atoms with Crippen molar-refractivity contribution in [2.24, 2.45) is 5.41 Å². The molecule has 4 rings (SSSR count). The van der Waals surface area contributed by atoms with Gasteiger partial charge in [0.2, 0.25) is 5.43 Å². The van der Waals surface area contributed by atoms with Gasteiger partial charge >= 0.3 is 5.97 Å². The summed E-state index contributed by atoms with van der Waals surface area (Å²) in [5.41, 5.74) is 1.65. The van der Waals surface area contributed by atoms with E-state index in [2.05, 4.69) is 20.8 Å². The molecule has 0 amide bonds. The molecule has 0 radical (unpaired) electrons. The van der Waals surface area contributed by atoms with Gasteiger partial charge in [-0.3, -0.25) is 4.79 Å². The lowest BCUT2D eigenvalue weighted by Crippen LogP contribution is -2.33. The molecular weight excluding hydrogens is 477 g/mol. The van der Waals surface area contributed by atoms with Gasteiger partial charge in [-0.15, -0.1) is 0 Å². The number of rotatable bonds is 7. The lowest BCUT2D eigenvalue weighted by molar-refractivity contribution is 0.0522. The molecule has 2 aromatic rings. The highest BCUT2D eigenvalue weighted by atomic mass is 19.1. The number of hydrogen-bond donors (Lipinski definition) is 0. The molecule has 0 aliphatic carbocycles. The summed E-state index contributed by atoms with van der Waals surface area (Å²) in [6.07, 6.45) is 4.65. The first kappa shape index (κ1) is 27.2. The fraction of sp³-hybridized carbons (Fsp3) is 0.586. The van der Waals surface area contributed by atoms with Gasteiger partial charge in [-0.2, -0.15) is 0 Å². The molecule has 2 aliphatic heterocycles. The van der Waals surface area contributed by atoms with E-state index in [0.717, 1.165) is 36.8 Å². The van der Waals surface area contributed by atoms with Gasteiger partial charge in [-0.25, -0.2) is 9.18 Å². The van der Waals surface area contributed by atoms with E-state index in [1.807, 2.05) is 6.92 Å². The number of hydrogen-bond acceptors (Lipinski definition) is 6. The Bertz CT molecular complexity index is 1240. The van der Waals surface area contributed by atoms with Crippen molar-refractivity contribution in [2.75, 3.05) is 27.4 Å². The van der Waals surface area contributed by atoms with Crippen LogP contribution in [0.25, 0.3) is 11.3 Å². The molecule has 2 aliphatic rings. The molecule has 3 unspecified atom stereocenters. The Hall–Kier alpha value is -2.87. The van der Waals surface area contributed by atoms with Crippen molar-refractivity contribution >= 4 is 5.97 Å². The maximum absolute atomic E-state index is 15.9. The molecule has 202 valence electrons. The summed E-state index contributed by atoms with van der Waals surface area (Å²) in [6.45, 7) is 10.8. The molecule has 0 N–H and O–H groups in total. The Morgan fingerprint density at radius 1 is 1.27 bits per heavy atom. The van der Waals surface area contributed by atoms with Crippen LogP contribution in [0.15, 0.2) is 17.1 Å². The molecule has 1 aromatic heterocycles. The van der Waals surface area contributed by atoms with Crippen molar-refractivity contribution in [1.29, 1.82) is 0 Å². The van der Waals surface area contributed by atoms with Crippen LogP contribution in [0.1, 0.15) is 87.3 Å². The van der Waals surface area contributed by atoms with Gasteiger partial charge in [0.25, 0.3) is 0 Å². The number of carbonyl (C=O) groups excluding carboxylic acids is 1. The Morgan fingerprint density at radius 3 is 2.62 bits per heavy atom. The molecule has 3 heterocycles. The Labute approximate surface area is 217 Å². The molecule has 3 atom stereocenters. The van der Waals surface area contributed by atoms with E-state index in [1.165, 1.54) is 6.20 Å². The van der Waals surface area contributed by atoms with Gasteiger partial charge in [0, 0.05) is 36.4 Å². The smallest absolute Gasteiger partial charge is 0.343 e. The highest BCUT2D eigenvalue weighted by Gasteiger charge is 2.40. The summed E-state index contributed by atoms with van der Waals surface area (Å²) in [6, 6.07) is 1.57. The van der Waals surface area contributed by atoms with E-state index in [1.54, 1.807) is 31.8 Å². The predicted molar refractivity (Wildman–Crippen MR) is 139 cm³/mol. The van der Waals surface area contributed by atoms with Crippen LogP contribution < -0.4 is 14.9 Å². The Morgan fingerprint density at radius 2 is 2.00 bits per heavy atom. The minimum absolute atomic E-state index is 0.0147. The molecule has 1 aromatic carbocycles. The largest absolute Gasteiger partial charge is 0.493 e. The minimum atomic E-state index is -0.955. The number of esters is 1. The molecule has 37 heavy (non-hydrogen) atoms. The number of fused-ring (bicyclic) bond motifs is 5. The molecule has 0 saturated carbocycles. The maximum Gasteiger partial charge on any atom is 0.343 e. The Kier molecular flexibility index (Phi) is 7.70. The predicted octanol–water partition coefficient (Wildman–Crippen LogP) is 5.66. The summed E-state index contributed by atoms with van der Waals surface area (Å²) in [5.74, 6) is -0.593. The van der Waals surface area contributed by atoms with Gasteiger partial charge in [0.1, 0.15) is 11.7 Å². The summed E-state index contributed by atoms with van der Waals surface area (Å²) in [5, 5.41) is 0. The molecule has 8 heteroatoms. The Balaban J connectivity index is 1.98. The van der Waals surface area contributed by atoms with Crippen LogP contribution in [-0.2, 0) is 15.9 Å². The SMILES string of the molecule is CCOC(=O)c1cn2c(c(F)c1=O)-c1cc(OC)c3c(c1C(CCC(C)(C)C)C2C)CCC(COC)O3. The van der Waals surface area contributed by atoms with E-state index in [4.69, 9.17) is 18.9 Å². The number of nitrogens with zero attached hydrogens (tertiary/aromatic N) is 1. The van der Waals surface area contributed by atoms with Crippen molar-refractivity contribution in [3.05, 3.63) is 45.0 Å². The second-order valence-corrected chi connectivity index (χ2v) is 11.2. The number of methoxy groups -OCH3 is 2. The number of pyridine rings is 1. The van der Waals surface area contributed by atoms with Crippen LogP contribution in [0.2, 0.25) is 0 Å². The van der Waals surface area contributed by atoms with Crippen molar-refractivity contribution in [3.8, 4) is 22.8 Å². The lowest BCUT2D eigenvalue weighted by Gasteiger charge is -2.40. The van der Waals surface area contributed by atoms with Gasteiger partial charge in [-0.05, 0) is 56.6 Å². The highest BCUT2D eigenvalue weighted by Crippen LogP contribution is 2.53. The van der Waals surface area contributed by atoms with Crippen LogP contribution in [0.3, 0.4) is 0 Å². The zero-order valence-electron chi connectivity index (χ0n) is 22.9. The standard InChI is InChI=1S/C29H38FNO6/c1-8-36-28(33)21-14-31-16(2)18(11-12-29(3,4)5)23-19-10-9-17(15-34-6)37-27(19)22(35-7)13-20(23)25(31)24(30)26(21)32/h13-14,16-18H,8-12,15H2,1-7H3. The van der Waals surface area contributed by atoms with E-state index < -0.39 is 17.2 Å². The average Bonchev–Trinajstić information content (AvgIpc) is 2.84. The fourth-order valence-electron chi connectivity index (χ4n) is 5.63. The van der Waals surface area contributed by atoms with Gasteiger partial charge in [0.15, 0.2) is 17.3 Å². The van der Waals surface area contributed by atoms with E-state index in [9.17, 15) is 9.59 Å². The zero-order valence-corrected chi connectivity index (χ0v) is 22.9. The fourth-order valence-corrected chi connectivity index (χ4v) is 5.63. The van der Waals surface area contributed by atoms with Crippen LogP contribution in [0.4, 0.5) is 4.39 Å². The van der Waals surface area contributed by atoms with Crippen LogP contribution in [0.5, 0.6) is 11.5 Å². The quantitative estimate of drug-likeness (QED) is 0.443. The van der Waals surface area contributed by atoms with Crippen LogP contribution >= 0.6 is 0 Å². The van der Waals surface area contributed by atoms with Crippen molar-refractivity contribution in [3.63, 3.8) is 0 Å². The molecule has 0 bridgehead atoms. The van der Waals surface area contributed by atoms with Crippen molar-refractivity contribution in [1.82, 2.24) is 4.57 Å². The number of ether oxygens (including phenoxy) is 4. The normalized spacial score (nSPS) is 20.4. The van der Waals surface area contributed by atoms with Gasteiger partial charge < -0.3 is 23.5 Å². The third-order valence-corrected chi connectivity index (χ3v) is 7.49. The second kappa shape index (κ2) is 10.5. The topological polar surface area (TPSA) is 76.0 Å². The molecular formula is C29H38FNO6. The minimum Gasteiger partial charge on any atom is -0.493 e. The number of aromatic nitrogens is 1. The van der Waals surface area contributed by atoms with Gasteiger partial charge in [0.05, 0.1) is 26.0 Å². The third-order valence-electron chi connectivity index (χ3n) is 7.49. The summed E-state index contributed by atoms with van der Waals surface area (Å²) < 4.78 is 40.1. The summed E-state index contributed by atoms with van der Waals surface area (Å²) >= 11 is 0. The lowest BCUT2D eigenvalue weighted by atomic mass is 9.74. The number of benzene rings is 1. The first-order chi connectivity index (χ1) is 17.5. The van der Waals surface area contributed by atoms with E-state index >= 15 is 4.39 Å². The summed E-state index contributed by atoms with van der Waals surface area (Å²) in [7, 11) is 3.20. The molecule has 0 saturated heterocycles.